The molecule has 0 spiro atoms. The second kappa shape index (κ2) is 9.07. The number of anilines is 1. The zero-order valence-electron chi connectivity index (χ0n) is 12.3. The lowest BCUT2D eigenvalue weighted by molar-refractivity contribution is -0.114. The van der Waals surface area contributed by atoms with E-state index < -0.39 is 11.8 Å². The van der Waals surface area contributed by atoms with Gasteiger partial charge in [0.15, 0.2) is 0 Å². The van der Waals surface area contributed by atoms with Crippen LogP contribution in [-0.2, 0) is 14.3 Å². The Morgan fingerprint density at radius 1 is 1.24 bits per heavy atom. The summed E-state index contributed by atoms with van der Waals surface area (Å²) in [4.78, 5) is 22.7. The van der Waals surface area contributed by atoms with Crippen LogP contribution in [0.25, 0.3) is 0 Å². The van der Waals surface area contributed by atoms with Crippen molar-refractivity contribution in [2.45, 2.75) is 26.7 Å². The van der Waals surface area contributed by atoms with E-state index in [4.69, 9.17) is 9.47 Å². The highest BCUT2D eigenvalue weighted by molar-refractivity contribution is 5.93. The fraction of sp³-hybridized carbons (Fsp3) is 0.467. The zero-order chi connectivity index (χ0) is 15.7. The van der Waals surface area contributed by atoms with E-state index in [9.17, 15) is 14.0 Å². The molecule has 0 saturated carbocycles. The number of carbonyl (C=O) groups excluding carboxylic acids is 2. The SMILES string of the molecule is CCCCOCCOC(=O)c1cc(NC(C)=O)ccc1F. The minimum Gasteiger partial charge on any atom is -0.460 e. The highest BCUT2D eigenvalue weighted by Gasteiger charge is 2.14. The molecule has 0 radical (unpaired) electrons. The topological polar surface area (TPSA) is 64.6 Å². The molecule has 21 heavy (non-hydrogen) atoms. The Hall–Kier alpha value is -1.95. The quantitative estimate of drug-likeness (QED) is 0.592. The predicted molar refractivity (Wildman–Crippen MR) is 76.7 cm³/mol. The van der Waals surface area contributed by atoms with Crippen LogP contribution in [0, 0.1) is 5.82 Å². The number of hydrogen-bond acceptors (Lipinski definition) is 4. The number of benzene rings is 1. The molecule has 1 amide bonds. The molecule has 0 aliphatic carbocycles. The number of carbonyl (C=O) groups is 2. The number of ether oxygens (including phenoxy) is 2. The van der Waals surface area contributed by atoms with Gasteiger partial charge in [-0.1, -0.05) is 13.3 Å². The number of hydrogen-bond donors (Lipinski definition) is 1. The lowest BCUT2D eigenvalue weighted by Crippen LogP contribution is -2.13. The van der Waals surface area contributed by atoms with Crippen LogP contribution in [-0.4, -0.2) is 31.7 Å². The van der Waals surface area contributed by atoms with E-state index in [-0.39, 0.29) is 24.7 Å². The van der Waals surface area contributed by atoms with Crippen LogP contribution in [0.3, 0.4) is 0 Å². The van der Waals surface area contributed by atoms with Crippen LogP contribution in [0.1, 0.15) is 37.0 Å². The Labute approximate surface area is 123 Å². The van der Waals surface area contributed by atoms with Gasteiger partial charge in [-0.3, -0.25) is 4.79 Å². The molecule has 6 heteroatoms. The molecule has 1 N–H and O–H groups in total. The molecule has 0 aliphatic heterocycles. The Morgan fingerprint density at radius 2 is 2.00 bits per heavy atom. The highest BCUT2D eigenvalue weighted by Crippen LogP contribution is 2.15. The first-order valence-electron chi connectivity index (χ1n) is 6.86. The summed E-state index contributed by atoms with van der Waals surface area (Å²) in [5.41, 5.74) is 0.129. The van der Waals surface area contributed by atoms with E-state index in [1.165, 1.54) is 19.1 Å². The standard InChI is InChI=1S/C15H20FNO4/c1-3-4-7-20-8-9-21-15(19)13-10-12(17-11(2)18)5-6-14(13)16/h5-6,10H,3-4,7-9H2,1-2H3,(H,17,18). The monoisotopic (exact) mass is 297 g/mol. The van der Waals surface area contributed by atoms with Gasteiger partial charge in [0.25, 0.3) is 0 Å². The van der Waals surface area contributed by atoms with Gasteiger partial charge in [-0.25, -0.2) is 9.18 Å². The smallest absolute Gasteiger partial charge is 0.341 e. The molecule has 0 bridgehead atoms. The molecule has 0 saturated heterocycles. The van der Waals surface area contributed by atoms with Crippen LogP contribution in [0.2, 0.25) is 0 Å². The number of nitrogens with one attached hydrogen (secondary N) is 1. The molecule has 0 aromatic heterocycles. The fourth-order valence-electron chi connectivity index (χ4n) is 1.58. The van der Waals surface area contributed by atoms with Gasteiger partial charge in [-0.2, -0.15) is 0 Å². The average Bonchev–Trinajstić information content (AvgIpc) is 2.44. The van der Waals surface area contributed by atoms with E-state index >= 15 is 0 Å². The maximum atomic E-state index is 13.6. The summed E-state index contributed by atoms with van der Waals surface area (Å²) in [6.07, 6.45) is 1.97. The predicted octanol–water partition coefficient (Wildman–Crippen LogP) is 2.76. The third kappa shape index (κ3) is 6.35. The first-order valence-corrected chi connectivity index (χ1v) is 6.86. The minimum absolute atomic E-state index is 0.0619. The summed E-state index contributed by atoms with van der Waals surface area (Å²) >= 11 is 0. The Morgan fingerprint density at radius 3 is 2.67 bits per heavy atom. The Bertz CT molecular complexity index is 491. The number of halogens is 1. The third-order valence-electron chi connectivity index (χ3n) is 2.61. The molecular formula is C15H20FNO4. The van der Waals surface area contributed by atoms with Crippen molar-refractivity contribution in [1.29, 1.82) is 0 Å². The lowest BCUT2D eigenvalue weighted by atomic mass is 10.2. The van der Waals surface area contributed by atoms with Gasteiger partial charge in [0.2, 0.25) is 5.91 Å². The van der Waals surface area contributed by atoms with Crippen LogP contribution in [0.4, 0.5) is 10.1 Å². The molecule has 116 valence electrons. The number of esters is 1. The van der Waals surface area contributed by atoms with Crippen molar-refractivity contribution in [3.63, 3.8) is 0 Å². The maximum absolute atomic E-state index is 13.6. The molecule has 0 atom stereocenters. The number of amides is 1. The molecule has 5 nitrogen and oxygen atoms in total. The second-order valence-electron chi connectivity index (χ2n) is 4.48. The van der Waals surface area contributed by atoms with Crippen LogP contribution >= 0.6 is 0 Å². The minimum atomic E-state index is -0.779. The van der Waals surface area contributed by atoms with E-state index in [1.807, 2.05) is 6.92 Å². The molecular weight excluding hydrogens is 277 g/mol. The molecule has 1 aromatic carbocycles. The first-order chi connectivity index (χ1) is 10.0. The van der Waals surface area contributed by atoms with E-state index in [0.29, 0.717) is 12.3 Å². The van der Waals surface area contributed by atoms with Crippen LogP contribution in [0.5, 0.6) is 0 Å². The zero-order valence-corrected chi connectivity index (χ0v) is 12.3. The van der Waals surface area contributed by atoms with Gasteiger partial charge in [0, 0.05) is 19.2 Å². The molecule has 0 unspecified atom stereocenters. The normalized spacial score (nSPS) is 10.2. The van der Waals surface area contributed by atoms with Gasteiger partial charge >= 0.3 is 5.97 Å². The van der Waals surface area contributed by atoms with Crippen molar-refractivity contribution in [2.24, 2.45) is 0 Å². The molecule has 1 aromatic rings. The van der Waals surface area contributed by atoms with Gasteiger partial charge in [0.1, 0.15) is 12.4 Å². The van der Waals surface area contributed by atoms with Crippen molar-refractivity contribution < 1.29 is 23.5 Å². The second-order valence-corrected chi connectivity index (χ2v) is 4.48. The van der Waals surface area contributed by atoms with Crippen molar-refractivity contribution in [3.05, 3.63) is 29.6 Å². The van der Waals surface area contributed by atoms with E-state index in [0.717, 1.165) is 18.9 Å². The van der Waals surface area contributed by atoms with Crippen molar-refractivity contribution >= 4 is 17.6 Å². The van der Waals surface area contributed by atoms with Gasteiger partial charge in [-0.05, 0) is 24.6 Å². The Balaban J connectivity index is 2.51. The van der Waals surface area contributed by atoms with E-state index in [1.54, 1.807) is 0 Å². The van der Waals surface area contributed by atoms with Gasteiger partial charge in [-0.15, -0.1) is 0 Å². The number of rotatable bonds is 8. The van der Waals surface area contributed by atoms with Crippen molar-refractivity contribution in [2.75, 3.05) is 25.1 Å². The van der Waals surface area contributed by atoms with Crippen LogP contribution in [0.15, 0.2) is 18.2 Å². The lowest BCUT2D eigenvalue weighted by Gasteiger charge is -2.08. The van der Waals surface area contributed by atoms with Crippen LogP contribution < -0.4 is 5.32 Å². The summed E-state index contributed by atoms with van der Waals surface area (Å²) in [5, 5.41) is 2.48. The summed E-state index contributed by atoms with van der Waals surface area (Å²) in [6.45, 7) is 4.33. The molecule has 1 rings (SSSR count). The number of unbranched alkanes of at least 4 members (excludes halogenated alkanes) is 1. The first kappa shape index (κ1) is 17.1. The van der Waals surface area contributed by atoms with E-state index in [2.05, 4.69) is 5.32 Å². The largest absolute Gasteiger partial charge is 0.460 e. The summed E-state index contributed by atoms with van der Waals surface area (Å²) in [5.74, 6) is -1.77. The summed E-state index contributed by atoms with van der Waals surface area (Å²) < 4.78 is 23.8. The molecule has 0 fully saturated rings. The molecule has 0 aliphatic rings. The molecule has 0 heterocycles. The fourth-order valence-corrected chi connectivity index (χ4v) is 1.58. The van der Waals surface area contributed by atoms with Crippen molar-refractivity contribution in [3.8, 4) is 0 Å². The highest BCUT2D eigenvalue weighted by atomic mass is 19.1. The average molecular weight is 297 g/mol. The summed E-state index contributed by atoms with van der Waals surface area (Å²) in [7, 11) is 0. The maximum Gasteiger partial charge on any atom is 0.341 e. The van der Waals surface area contributed by atoms with Gasteiger partial charge < -0.3 is 14.8 Å². The Kier molecular flexibility index (Phi) is 7.39. The van der Waals surface area contributed by atoms with Crippen molar-refractivity contribution in [1.82, 2.24) is 0 Å². The summed E-state index contributed by atoms with van der Waals surface area (Å²) in [6, 6.07) is 3.73. The third-order valence-corrected chi connectivity index (χ3v) is 2.61. The van der Waals surface area contributed by atoms with Gasteiger partial charge in [0.05, 0.1) is 12.2 Å².